The lowest BCUT2D eigenvalue weighted by atomic mass is 9.93. The van der Waals surface area contributed by atoms with Crippen molar-refractivity contribution in [2.75, 3.05) is 10.6 Å². The highest BCUT2D eigenvalue weighted by atomic mass is 16.2. The molecule has 0 aliphatic carbocycles. The highest BCUT2D eigenvalue weighted by Gasteiger charge is 2.30. The molecule has 2 amide bonds. The third-order valence-electron chi connectivity index (χ3n) is 4.91. The highest BCUT2D eigenvalue weighted by Crippen LogP contribution is 2.19. The second-order valence-electron chi connectivity index (χ2n) is 7.19. The van der Waals surface area contributed by atoms with Crippen molar-refractivity contribution in [1.82, 2.24) is 0 Å². The zero-order valence-corrected chi connectivity index (χ0v) is 17.0. The monoisotopic (exact) mass is 400 g/mol. The van der Waals surface area contributed by atoms with Crippen LogP contribution in [0.15, 0.2) is 78.9 Å². The molecular weight excluding hydrogens is 376 g/mol. The van der Waals surface area contributed by atoms with Crippen molar-refractivity contribution < 1.29 is 14.4 Å². The molecule has 0 saturated heterocycles. The quantitative estimate of drug-likeness (QED) is 0.443. The summed E-state index contributed by atoms with van der Waals surface area (Å²) in [5.74, 6) is -2.43. The molecule has 3 rings (SSSR count). The SMILES string of the molecule is Cc1ccc(NC(=O)C[C@H](C(=O)Nc2ccccc2)C(=O)c2ccccc2)cc1C. The van der Waals surface area contributed by atoms with E-state index < -0.39 is 17.7 Å². The number of hydrogen-bond donors (Lipinski definition) is 2. The van der Waals surface area contributed by atoms with E-state index in [0.29, 0.717) is 16.9 Å². The van der Waals surface area contributed by atoms with Crippen LogP contribution in [-0.2, 0) is 9.59 Å². The molecular formula is C25H24N2O3. The largest absolute Gasteiger partial charge is 0.326 e. The van der Waals surface area contributed by atoms with Gasteiger partial charge in [0.05, 0.1) is 0 Å². The van der Waals surface area contributed by atoms with Crippen LogP contribution in [0.5, 0.6) is 0 Å². The summed E-state index contributed by atoms with van der Waals surface area (Å²) in [5, 5.41) is 5.53. The minimum Gasteiger partial charge on any atom is -0.326 e. The van der Waals surface area contributed by atoms with Crippen LogP contribution >= 0.6 is 0 Å². The Balaban J connectivity index is 1.79. The van der Waals surface area contributed by atoms with Crippen LogP contribution in [0.1, 0.15) is 27.9 Å². The molecule has 0 bridgehead atoms. The molecule has 0 unspecified atom stereocenters. The van der Waals surface area contributed by atoms with Crippen LogP contribution in [-0.4, -0.2) is 17.6 Å². The molecule has 0 heterocycles. The summed E-state index contributed by atoms with van der Waals surface area (Å²) in [4.78, 5) is 38.6. The van der Waals surface area contributed by atoms with Crippen LogP contribution in [0.3, 0.4) is 0 Å². The fourth-order valence-electron chi connectivity index (χ4n) is 3.08. The predicted molar refractivity (Wildman–Crippen MR) is 118 cm³/mol. The number of rotatable bonds is 7. The number of carbonyl (C=O) groups is 3. The molecule has 0 spiro atoms. The second kappa shape index (κ2) is 9.65. The maximum atomic E-state index is 13.0. The number of Topliss-reactive ketones (excluding diaryl/α,β-unsaturated/α-hetero) is 1. The van der Waals surface area contributed by atoms with E-state index in [9.17, 15) is 14.4 Å². The van der Waals surface area contributed by atoms with Crippen LogP contribution in [0, 0.1) is 19.8 Å². The number of carbonyl (C=O) groups excluding carboxylic acids is 3. The maximum absolute atomic E-state index is 13.0. The van der Waals surface area contributed by atoms with Crippen molar-refractivity contribution >= 4 is 29.0 Å². The number of aryl methyl sites for hydroxylation is 2. The predicted octanol–water partition coefficient (Wildman–Crippen LogP) is 4.77. The topological polar surface area (TPSA) is 75.3 Å². The number of anilines is 2. The zero-order chi connectivity index (χ0) is 21.5. The van der Waals surface area contributed by atoms with Gasteiger partial charge in [0.25, 0.3) is 0 Å². The van der Waals surface area contributed by atoms with Crippen molar-refractivity contribution in [3.8, 4) is 0 Å². The number of para-hydroxylation sites is 1. The van der Waals surface area contributed by atoms with Crippen molar-refractivity contribution in [3.05, 3.63) is 95.6 Å². The molecule has 30 heavy (non-hydrogen) atoms. The van der Waals surface area contributed by atoms with Crippen molar-refractivity contribution in [1.29, 1.82) is 0 Å². The van der Waals surface area contributed by atoms with E-state index in [4.69, 9.17) is 0 Å². The van der Waals surface area contributed by atoms with Gasteiger partial charge >= 0.3 is 0 Å². The Kier molecular flexibility index (Phi) is 6.75. The van der Waals surface area contributed by atoms with Crippen LogP contribution in [0.4, 0.5) is 11.4 Å². The summed E-state index contributed by atoms with van der Waals surface area (Å²) in [5.41, 5.74) is 3.77. The minimum atomic E-state index is -1.14. The van der Waals surface area contributed by atoms with Gasteiger partial charge in [-0.3, -0.25) is 14.4 Å². The van der Waals surface area contributed by atoms with E-state index in [2.05, 4.69) is 10.6 Å². The lowest BCUT2D eigenvalue weighted by Crippen LogP contribution is -2.33. The molecule has 152 valence electrons. The van der Waals surface area contributed by atoms with Gasteiger partial charge in [0.2, 0.25) is 11.8 Å². The fourth-order valence-corrected chi connectivity index (χ4v) is 3.08. The Morgan fingerprint density at radius 1 is 0.733 bits per heavy atom. The van der Waals surface area contributed by atoms with Crippen LogP contribution in [0.25, 0.3) is 0 Å². The molecule has 0 fully saturated rings. The van der Waals surface area contributed by atoms with Gasteiger partial charge in [0.1, 0.15) is 5.92 Å². The zero-order valence-electron chi connectivity index (χ0n) is 17.0. The van der Waals surface area contributed by atoms with E-state index in [-0.39, 0.29) is 12.2 Å². The molecule has 2 N–H and O–H groups in total. The normalized spacial score (nSPS) is 11.4. The average molecular weight is 400 g/mol. The van der Waals surface area contributed by atoms with E-state index in [1.54, 1.807) is 60.7 Å². The number of nitrogens with one attached hydrogen (secondary N) is 2. The number of amides is 2. The summed E-state index contributed by atoms with van der Waals surface area (Å²) in [6.45, 7) is 3.95. The first kappa shape index (κ1) is 21.0. The summed E-state index contributed by atoms with van der Waals surface area (Å²) in [6, 6.07) is 23.0. The Labute approximate surface area is 176 Å². The summed E-state index contributed by atoms with van der Waals surface area (Å²) in [6.07, 6.45) is -0.251. The smallest absolute Gasteiger partial charge is 0.235 e. The Hall–Kier alpha value is -3.73. The fraction of sp³-hybridized carbons (Fsp3) is 0.160. The van der Waals surface area contributed by atoms with Gasteiger partial charge in [-0.15, -0.1) is 0 Å². The molecule has 0 aromatic heterocycles. The summed E-state index contributed by atoms with van der Waals surface area (Å²) in [7, 11) is 0. The molecule has 5 nitrogen and oxygen atoms in total. The van der Waals surface area contributed by atoms with Gasteiger partial charge in [-0.05, 0) is 49.2 Å². The van der Waals surface area contributed by atoms with Gasteiger partial charge in [-0.2, -0.15) is 0 Å². The summed E-state index contributed by atoms with van der Waals surface area (Å²) >= 11 is 0. The molecule has 0 radical (unpaired) electrons. The Morgan fingerprint density at radius 3 is 2.00 bits per heavy atom. The Bertz CT molecular complexity index is 1050. The van der Waals surface area contributed by atoms with Gasteiger partial charge in [0, 0.05) is 23.4 Å². The molecule has 5 heteroatoms. The lowest BCUT2D eigenvalue weighted by molar-refractivity contribution is -0.123. The molecule has 3 aromatic carbocycles. The maximum Gasteiger partial charge on any atom is 0.235 e. The van der Waals surface area contributed by atoms with Crippen molar-refractivity contribution in [2.45, 2.75) is 20.3 Å². The van der Waals surface area contributed by atoms with E-state index in [1.807, 2.05) is 32.0 Å². The van der Waals surface area contributed by atoms with Crippen LogP contribution < -0.4 is 10.6 Å². The molecule has 0 saturated carbocycles. The highest BCUT2D eigenvalue weighted by molar-refractivity contribution is 6.15. The molecule has 0 aliphatic heterocycles. The molecule has 3 aromatic rings. The number of benzene rings is 3. The Morgan fingerprint density at radius 2 is 1.37 bits per heavy atom. The first-order valence-electron chi connectivity index (χ1n) is 9.76. The standard InChI is InChI=1S/C25H24N2O3/c1-17-13-14-21(15-18(17)2)26-23(28)16-22(24(29)19-9-5-3-6-10-19)25(30)27-20-11-7-4-8-12-20/h3-15,22H,16H2,1-2H3,(H,26,28)(H,27,30)/t22-/m0/s1. The number of ketones is 1. The van der Waals surface area contributed by atoms with E-state index >= 15 is 0 Å². The van der Waals surface area contributed by atoms with Crippen molar-refractivity contribution in [3.63, 3.8) is 0 Å². The van der Waals surface area contributed by atoms with Crippen molar-refractivity contribution in [2.24, 2.45) is 5.92 Å². The molecule has 1 atom stereocenters. The average Bonchev–Trinajstić information content (AvgIpc) is 2.75. The van der Waals surface area contributed by atoms with E-state index in [1.165, 1.54) is 0 Å². The van der Waals surface area contributed by atoms with Gasteiger partial charge < -0.3 is 10.6 Å². The minimum absolute atomic E-state index is 0.251. The lowest BCUT2D eigenvalue weighted by Gasteiger charge is -2.16. The van der Waals surface area contributed by atoms with E-state index in [0.717, 1.165) is 11.1 Å². The number of hydrogen-bond acceptors (Lipinski definition) is 3. The molecule has 0 aliphatic rings. The van der Waals surface area contributed by atoms with Crippen LogP contribution in [0.2, 0.25) is 0 Å². The van der Waals surface area contributed by atoms with Gasteiger partial charge in [-0.1, -0.05) is 54.6 Å². The first-order chi connectivity index (χ1) is 14.4. The third kappa shape index (κ3) is 5.41. The third-order valence-corrected chi connectivity index (χ3v) is 4.91. The second-order valence-corrected chi connectivity index (χ2v) is 7.19. The first-order valence-corrected chi connectivity index (χ1v) is 9.76. The van der Waals surface area contributed by atoms with Gasteiger partial charge in [-0.25, -0.2) is 0 Å². The van der Waals surface area contributed by atoms with Gasteiger partial charge in [0.15, 0.2) is 5.78 Å². The summed E-state index contributed by atoms with van der Waals surface area (Å²) < 4.78 is 0.